The molecule has 1 saturated heterocycles. The molecule has 0 unspecified atom stereocenters. The lowest BCUT2D eigenvalue weighted by atomic mass is 10.2. The van der Waals surface area contributed by atoms with Crippen LogP contribution in [0.5, 0.6) is 5.75 Å². The van der Waals surface area contributed by atoms with Crippen molar-refractivity contribution in [3.63, 3.8) is 0 Å². The third-order valence-corrected chi connectivity index (χ3v) is 4.98. The van der Waals surface area contributed by atoms with Crippen LogP contribution < -0.4 is 14.5 Å². The van der Waals surface area contributed by atoms with Gasteiger partial charge in [0, 0.05) is 52.7 Å². The summed E-state index contributed by atoms with van der Waals surface area (Å²) < 4.78 is 5.25. The van der Waals surface area contributed by atoms with Gasteiger partial charge in [0.2, 0.25) is 11.9 Å². The van der Waals surface area contributed by atoms with Crippen LogP contribution in [0.25, 0.3) is 0 Å². The molecule has 0 bridgehead atoms. The van der Waals surface area contributed by atoms with E-state index in [9.17, 15) is 0 Å². The van der Waals surface area contributed by atoms with Gasteiger partial charge in [0.15, 0.2) is 0 Å². The van der Waals surface area contributed by atoms with Crippen molar-refractivity contribution in [2.45, 2.75) is 32.7 Å². The highest BCUT2D eigenvalue weighted by Crippen LogP contribution is 2.20. The number of hydrogen-bond donors (Lipinski definition) is 0. The average molecular weight is 385 g/mol. The molecule has 1 aromatic heterocycles. The maximum Gasteiger partial charge on any atom is 0.230 e. The summed E-state index contributed by atoms with van der Waals surface area (Å²) in [7, 11) is 5.65. The van der Waals surface area contributed by atoms with Gasteiger partial charge in [-0.1, -0.05) is 26.0 Å². The van der Waals surface area contributed by atoms with Gasteiger partial charge in [-0.25, -0.2) is 0 Å². The van der Waals surface area contributed by atoms with Crippen LogP contribution in [-0.2, 0) is 6.54 Å². The van der Waals surface area contributed by atoms with E-state index in [1.165, 1.54) is 5.56 Å². The van der Waals surface area contributed by atoms with E-state index in [4.69, 9.17) is 14.7 Å². The number of hydrogen-bond acceptors (Lipinski definition) is 7. The highest BCUT2D eigenvalue weighted by atomic mass is 16.5. The summed E-state index contributed by atoms with van der Waals surface area (Å²) in [5, 5.41) is 0. The van der Waals surface area contributed by atoms with Gasteiger partial charge in [-0.15, -0.1) is 0 Å². The second-order valence-corrected chi connectivity index (χ2v) is 7.81. The summed E-state index contributed by atoms with van der Waals surface area (Å²) in [4.78, 5) is 20.8. The van der Waals surface area contributed by atoms with Crippen LogP contribution in [-0.4, -0.2) is 67.2 Å². The summed E-state index contributed by atoms with van der Waals surface area (Å²) in [6.45, 7) is 9.15. The first kappa shape index (κ1) is 20.3. The van der Waals surface area contributed by atoms with Crippen molar-refractivity contribution >= 4 is 11.9 Å². The van der Waals surface area contributed by atoms with Crippen molar-refractivity contribution in [3.05, 3.63) is 35.7 Å². The van der Waals surface area contributed by atoms with E-state index in [0.29, 0.717) is 0 Å². The van der Waals surface area contributed by atoms with Crippen LogP contribution >= 0.6 is 0 Å². The van der Waals surface area contributed by atoms with E-state index >= 15 is 0 Å². The van der Waals surface area contributed by atoms with Gasteiger partial charge in [0.05, 0.1) is 7.11 Å². The predicted octanol–water partition coefficient (Wildman–Crippen LogP) is 2.78. The summed E-state index contributed by atoms with van der Waals surface area (Å²) in [5.74, 6) is 3.56. The van der Waals surface area contributed by atoms with Crippen molar-refractivity contribution < 1.29 is 4.74 Å². The van der Waals surface area contributed by atoms with E-state index in [0.717, 1.165) is 62.6 Å². The molecule has 152 valence electrons. The normalized spacial score (nSPS) is 15.6. The zero-order valence-electron chi connectivity index (χ0n) is 17.7. The standard InChI is InChI=1S/C21H32N6O/c1-16(2)19-22-20(25(3)4)24-21(23-19)27-12-6-11-26(13-14-27)15-17-7-9-18(28-5)10-8-17/h7-10,16H,6,11-15H2,1-5H3. The molecule has 0 amide bonds. The van der Waals surface area contributed by atoms with E-state index in [1.54, 1.807) is 7.11 Å². The minimum Gasteiger partial charge on any atom is -0.497 e. The first-order chi connectivity index (χ1) is 13.5. The van der Waals surface area contributed by atoms with Crippen molar-refractivity contribution in [3.8, 4) is 5.75 Å². The van der Waals surface area contributed by atoms with E-state index < -0.39 is 0 Å². The number of anilines is 2. The number of aromatic nitrogens is 3. The Kier molecular flexibility index (Phi) is 6.67. The van der Waals surface area contributed by atoms with Crippen LogP contribution in [0.2, 0.25) is 0 Å². The third-order valence-electron chi connectivity index (χ3n) is 4.98. The summed E-state index contributed by atoms with van der Waals surface area (Å²) >= 11 is 0. The molecule has 7 heteroatoms. The number of rotatable bonds is 6. The number of methoxy groups -OCH3 is 1. The van der Waals surface area contributed by atoms with Crippen LogP contribution in [0.1, 0.15) is 37.6 Å². The zero-order chi connectivity index (χ0) is 20.1. The highest BCUT2D eigenvalue weighted by molar-refractivity contribution is 5.39. The molecule has 28 heavy (non-hydrogen) atoms. The second kappa shape index (κ2) is 9.19. The Hall–Kier alpha value is -2.41. The maximum atomic E-state index is 5.25. The van der Waals surface area contributed by atoms with Crippen molar-refractivity contribution in [2.24, 2.45) is 0 Å². The zero-order valence-corrected chi connectivity index (χ0v) is 17.7. The van der Waals surface area contributed by atoms with Gasteiger partial charge in [-0.3, -0.25) is 4.90 Å². The quantitative estimate of drug-likeness (QED) is 0.759. The average Bonchev–Trinajstić information content (AvgIpc) is 2.93. The lowest BCUT2D eigenvalue weighted by molar-refractivity contribution is 0.285. The van der Waals surface area contributed by atoms with E-state index in [2.05, 4.69) is 40.8 Å². The highest BCUT2D eigenvalue weighted by Gasteiger charge is 2.20. The van der Waals surface area contributed by atoms with Crippen molar-refractivity contribution in [1.29, 1.82) is 0 Å². The van der Waals surface area contributed by atoms with Gasteiger partial charge in [-0.05, 0) is 24.1 Å². The molecule has 0 spiro atoms. The predicted molar refractivity (Wildman–Crippen MR) is 113 cm³/mol. The Morgan fingerprint density at radius 1 is 1.00 bits per heavy atom. The molecule has 3 rings (SSSR count). The number of benzene rings is 1. The van der Waals surface area contributed by atoms with Crippen LogP contribution in [0.3, 0.4) is 0 Å². The van der Waals surface area contributed by atoms with Gasteiger partial charge < -0.3 is 14.5 Å². The summed E-state index contributed by atoms with van der Waals surface area (Å²) in [6.07, 6.45) is 1.09. The van der Waals surface area contributed by atoms with Gasteiger partial charge in [0.25, 0.3) is 0 Å². The first-order valence-corrected chi connectivity index (χ1v) is 10.00. The fourth-order valence-corrected chi connectivity index (χ4v) is 3.29. The van der Waals surface area contributed by atoms with Gasteiger partial charge in [-0.2, -0.15) is 15.0 Å². The monoisotopic (exact) mass is 384 g/mol. The maximum absolute atomic E-state index is 5.25. The molecule has 1 aromatic carbocycles. The SMILES string of the molecule is COc1ccc(CN2CCCN(c3nc(C(C)C)nc(N(C)C)n3)CC2)cc1. The molecule has 2 aromatic rings. The lowest BCUT2D eigenvalue weighted by Crippen LogP contribution is -2.32. The van der Waals surface area contributed by atoms with Crippen LogP contribution in [0.4, 0.5) is 11.9 Å². The number of nitrogens with zero attached hydrogens (tertiary/aromatic N) is 6. The Morgan fingerprint density at radius 3 is 2.39 bits per heavy atom. The number of ether oxygens (including phenoxy) is 1. The Balaban J connectivity index is 1.69. The summed E-state index contributed by atoms with van der Waals surface area (Å²) in [5.41, 5.74) is 1.31. The molecule has 1 fully saturated rings. The molecule has 1 aliphatic rings. The molecule has 1 aliphatic heterocycles. The molecule has 7 nitrogen and oxygen atoms in total. The molecular weight excluding hydrogens is 352 g/mol. The van der Waals surface area contributed by atoms with Crippen molar-refractivity contribution in [1.82, 2.24) is 19.9 Å². The van der Waals surface area contributed by atoms with E-state index in [-0.39, 0.29) is 5.92 Å². The molecule has 0 saturated carbocycles. The molecule has 0 aliphatic carbocycles. The minimum atomic E-state index is 0.277. The lowest BCUT2D eigenvalue weighted by Gasteiger charge is -2.23. The second-order valence-electron chi connectivity index (χ2n) is 7.81. The van der Waals surface area contributed by atoms with E-state index in [1.807, 2.05) is 31.1 Å². The van der Waals surface area contributed by atoms with Crippen LogP contribution in [0, 0.1) is 0 Å². The topological polar surface area (TPSA) is 57.6 Å². The Morgan fingerprint density at radius 2 is 1.75 bits per heavy atom. The van der Waals surface area contributed by atoms with Gasteiger partial charge in [0.1, 0.15) is 11.6 Å². The smallest absolute Gasteiger partial charge is 0.230 e. The molecular formula is C21H32N6O. The Bertz CT molecular complexity index is 736. The molecule has 0 atom stereocenters. The largest absolute Gasteiger partial charge is 0.497 e. The summed E-state index contributed by atoms with van der Waals surface area (Å²) in [6, 6.07) is 8.35. The van der Waals surface area contributed by atoms with Crippen LogP contribution in [0.15, 0.2) is 24.3 Å². The first-order valence-electron chi connectivity index (χ1n) is 10.00. The molecule has 2 heterocycles. The fourth-order valence-electron chi connectivity index (χ4n) is 3.29. The minimum absolute atomic E-state index is 0.277. The van der Waals surface area contributed by atoms with Gasteiger partial charge >= 0.3 is 0 Å². The van der Waals surface area contributed by atoms with Crippen molar-refractivity contribution in [2.75, 3.05) is 57.2 Å². The fraction of sp³-hybridized carbons (Fsp3) is 0.571. The molecule has 0 N–H and O–H groups in total. The Labute approximate surface area is 168 Å². The third kappa shape index (κ3) is 5.10. The molecule has 0 radical (unpaired) electrons.